The first-order valence-electron chi connectivity index (χ1n) is 12.5. The topological polar surface area (TPSA) is 130 Å². The van der Waals surface area contributed by atoms with Crippen molar-refractivity contribution < 1.29 is 25.3 Å². The molecular formula is C27H35N3O6S3. The lowest BCUT2D eigenvalue weighted by molar-refractivity contribution is 0.398. The Hall–Kier alpha value is -2.61. The summed E-state index contributed by atoms with van der Waals surface area (Å²) in [6, 6.07) is 19.5. The van der Waals surface area contributed by atoms with Crippen molar-refractivity contribution >= 4 is 30.1 Å². The predicted molar refractivity (Wildman–Crippen MR) is 152 cm³/mol. The highest BCUT2D eigenvalue weighted by molar-refractivity contribution is 7.90. The normalized spacial score (nSPS) is 12.6. The summed E-state index contributed by atoms with van der Waals surface area (Å²) in [7, 11) is -11.4. The highest BCUT2D eigenvalue weighted by Crippen LogP contribution is 2.18. The largest absolute Gasteiger partial charge is 0.243 e. The van der Waals surface area contributed by atoms with Crippen LogP contribution in [0.25, 0.3) is 0 Å². The summed E-state index contributed by atoms with van der Waals surface area (Å²) in [6.45, 7) is 5.64. The lowest BCUT2D eigenvalue weighted by Crippen LogP contribution is -2.36. The number of nitrogens with zero attached hydrogens (tertiary/aromatic N) is 1. The summed E-state index contributed by atoms with van der Waals surface area (Å²) in [6.07, 6.45) is 0.455. The summed E-state index contributed by atoms with van der Waals surface area (Å²) in [5, 5.41) is 0. The summed E-state index contributed by atoms with van der Waals surface area (Å²) >= 11 is 0. The number of sulfonamides is 3. The number of hydrogen-bond donors (Lipinski definition) is 2. The Kier molecular flexibility index (Phi) is 10.4. The van der Waals surface area contributed by atoms with Gasteiger partial charge in [0, 0.05) is 26.2 Å². The zero-order chi connectivity index (χ0) is 28.7. The van der Waals surface area contributed by atoms with E-state index in [0.29, 0.717) is 0 Å². The fraction of sp³-hybridized carbons (Fsp3) is 0.333. The van der Waals surface area contributed by atoms with E-state index in [0.717, 1.165) is 16.7 Å². The van der Waals surface area contributed by atoms with Crippen LogP contribution in [0.4, 0.5) is 0 Å². The van der Waals surface area contributed by atoms with Crippen LogP contribution >= 0.6 is 0 Å². The molecule has 0 aliphatic carbocycles. The van der Waals surface area contributed by atoms with Crippen LogP contribution in [0.2, 0.25) is 0 Å². The van der Waals surface area contributed by atoms with Gasteiger partial charge in [-0.15, -0.1) is 0 Å². The second kappa shape index (κ2) is 13.2. The fourth-order valence-electron chi connectivity index (χ4n) is 3.87. The maximum atomic E-state index is 13.4. The van der Waals surface area contributed by atoms with Crippen LogP contribution in [0.5, 0.6) is 0 Å². The first-order valence-corrected chi connectivity index (χ1v) is 16.9. The van der Waals surface area contributed by atoms with Gasteiger partial charge in [0.2, 0.25) is 30.1 Å². The lowest BCUT2D eigenvalue weighted by atomic mass is 10.2. The second-order valence-corrected chi connectivity index (χ2v) is 14.8. The molecule has 0 amide bonds. The zero-order valence-electron chi connectivity index (χ0n) is 22.3. The molecule has 2 N–H and O–H groups in total. The van der Waals surface area contributed by atoms with Crippen LogP contribution < -0.4 is 9.44 Å². The molecule has 0 fully saturated rings. The van der Waals surface area contributed by atoms with E-state index in [2.05, 4.69) is 9.44 Å². The Bertz CT molecular complexity index is 1500. The molecule has 12 heteroatoms. The predicted octanol–water partition coefficient (Wildman–Crippen LogP) is 3.34. The molecule has 39 heavy (non-hydrogen) atoms. The van der Waals surface area contributed by atoms with Crippen molar-refractivity contribution in [1.29, 1.82) is 0 Å². The third-order valence-corrected chi connectivity index (χ3v) is 10.8. The van der Waals surface area contributed by atoms with Gasteiger partial charge in [-0.25, -0.2) is 34.7 Å². The summed E-state index contributed by atoms with van der Waals surface area (Å²) in [5.41, 5.74) is 2.54. The van der Waals surface area contributed by atoms with Gasteiger partial charge in [-0.05, 0) is 81.1 Å². The van der Waals surface area contributed by atoms with Crippen LogP contribution in [-0.2, 0) is 30.1 Å². The molecule has 0 bridgehead atoms. The Morgan fingerprint density at radius 1 is 0.564 bits per heavy atom. The first kappa shape index (κ1) is 30.9. The molecule has 3 aromatic rings. The van der Waals surface area contributed by atoms with E-state index < -0.39 is 30.1 Å². The van der Waals surface area contributed by atoms with E-state index in [4.69, 9.17) is 0 Å². The number of benzene rings is 3. The zero-order valence-corrected chi connectivity index (χ0v) is 24.7. The quantitative estimate of drug-likeness (QED) is 0.276. The van der Waals surface area contributed by atoms with Crippen LogP contribution in [0.15, 0.2) is 87.5 Å². The van der Waals surface area contributed by atoms with Crippen LogP contribution in [0.3, 0.4) is 0 Å². The average Bonchev–Trinajstić information content (AvgIpc) is 2.88. The van der Waals surface area contributed by atoms with Crippen molar-refractivity contribution in [3.05, 3.63) is 89.5 Å². The van der Waals surface area contributed by atoms with E-state index in [1.54, 1.807) is 62.4 Å². The van der Waals surface area contributed by atoms with Gasteiger partial charge in [0.25, 0.3) is 0 Å². The van der Waals surface area contributed by atoms with Crippen molar-refractivity contribution in [3.8, 4) is 0 Å². The number of nitrogens with one attached hydrogen (secondary N) is 2. The third-order valence-electron chi connectivity index (χ3n) is 6.01. The van der Waals surface area contributed by atoms with Crippen LogP contribution in [0.1, 0.15) is 29.5 Å². The van der Waals surface area contributed by atoms with E-state index in [1.165, 1.54) is 28.6 Å². The smallest absolute Gasteiger partial charge is 0.211 e. The van der Waals surface area contributed by atoms with E-state index in [-0.39, 0.29) is 53.7 Å². The molecule has 0 aromatic heterocycles. The Morgan fingerprint density at radius 2 is 1.00 bits per heavy atom. The van der Waals surface area contributed by atoms with Gasteiger partial charge in [-0.1, -0.05) is 42.0 Å². The fourth-order valence-corrected chi connectivity index (χ4v) is 7.74. The van der Waals surface area contributed by atoms with E-state index in [1.807, 2.05) is 6.92 Å². The molecule has 9 nitrogen and oxygen atoms in total. The van der Waals surface area contributed by atoms with Gasteiger partial charge < -0.3 is 0 Å². The number of hydrogen-bond acceptors (Lipinski definition) is 6. The summed E-state index contributed by atoms with van der Waals surface area (Å²) in [4.78, 5) is 0.411. The molecule has 0 atom stereocenters. The molecule has 0 saturated heterocycles. The molecule has 0 aliphatic rings. The Balaban J connectivity index is 1.65. The standard InChI is InChI=1S/C27H35N3O6S3/c1-22-12-14-25(15-13-22)39(35,36)30(18-6-16-28-37(31,32)26-10-4-8-23(2)20-26)19-7-17-29-38(33,34)27-11-5-9-24(3)21-27/h4-5,8-15,20-21,28-29H,6-7,16-19H2,1-3H3. The molecule has 0 unspecified atom stereocenters. The van der Waals surface area contributed by atoms with Crippen molar-refractivity contribution in [2.45, 2.75) is 48.3 Å². The van der Waals surface area contributed by atoms with Crippen molar-refractivity contribution in [1.82, 2.24) is 13.7 Å². The average molecular weight is 594 g/mol. The highest BCUT2D eigenvalue weighted by atomic mass is 32.2. The van der Waals surface area contributed by atoms with Crippen molar-refractivity contribution in [2.24, 2.45) is 0 Å². The maximum Gasteiger partial charge on any atom is 0.243 e. The first-order chi connectivity index (χ1) is 18.3. The van der Waals surface area contributed by atoms with Crippen LogP contribution in [-0.4, -0.2) is 55.7 Å². The molecule has 0 spiro atoms. The van der Waals surface area contributed by atoms with Gasteiger partial charge in [-0.2, -0.15) is 4.31 Å². The monoisotopic (exact) mass is 593 g/mol. The molecule has 212 valence electrons. The Labute approximate surface area is 232 Å². The SMILES string of the molecule is Cc1ccc(S(=O)(=O)N(CCCNS(=O)(=O)c2cccc(C)c2)CCCNS(=O)(=O)c2cccc(C)c2)cc1. The van der Waals surface area contributed by atoms with Gasteiger partial charge >= 0.3 is 0 Å². The molecule has 0 aliphatic heterocycles. The molecule has 3 rings (SSSR count). The van der Waals surface area contributed by atoms with E-state index >= 15 is 0 Å². The number of rotatable bonds is 14. The Morgan fingerprint density at radius 3 is 1.41 bits per heavy atom. The maximum absolute atomic E-state index is 13.4. The van der Waals surface area contributed by atoms with Gasteiger partial charge in [-0.3, -0.25) is 0 Å². The summed E-state index contributed by atoms with van der Waals surface area (Å²) < 4.78 is 83.6. The van der Waals surface area contributed by atoms with Crippen LogP contribution in [0, 0.1) is 20.8 Å². The van der Waals surface area contributed by atoms with Crippen molar-refractivity contribution in [3.63, 3.8) is 0 Å². The highest BCUT2D eigenvalue weighted by Gasteiger charge is 2.24. The van der Waals surface area contributed by atoms with E-state index in [9.17, 15) is 25.3 Å². The molecule has 3 aromatic carbocycles. The lowest BCUT2D eigenvalue weighted by Gasteiger charge is -2.22. The molecular weight excluding hydrogens is 559 g/mol. The van der Waals surface area contributed by atoms with Gasteiger partial charge in [0.05, 0.1) is 14.7 Å². The third kappa shape index (κ3) is 8.69. The molecule has 0 heterocycles. The minimum absolute atomic E-state index is 0.0379. The van der Waals surface area contributed by atoms with Gasteiger partial charge in [0.15, 0.2) is 0 Å². The minimum atomic E-state index is -3.89. The number of aryl methyl sites for hydroxylation is 3. The van der Waals surface area contributed by atoms with Crippen molar-refractivity contribution in [2.75, 3.05) is 26.2 Å². The molecule has 0 saturated carbocycles. The minimum Gasteiger partial charge on any atom is -0.211 e. The molecule has 0 radical (unpaired) electrons. The summed E-state index contributed by atoms with van der Waals surface area (Å²) in [5.74, 6) is 0. The van der Waals surface area contributed by atoms with Gasteiger partial charge in [0.1, 0.15) is 0 Å². The second-order valence-electron chi connectivity index (χ2n) is 9.35.